The summed E-state index contributed by atoms with van der Waals surface area (Å²) in [6.07, 6.45) is 0. The third-order valence-electron chi connectivity index (χ3n) is 4.39. The Morgan fingerprint density at radius 2 is 1.45 bits per heavy atom. The molecule has 0 amide bonds. The van der Waals surface area contributed by atoms with Crippen LogP contribution in [-0.4, -0.2) is 13.4 Å². The maximum absolute atomic E-state index is 14.4. The minimum Gasteiger partial charge on any atom is -0.236 e. The molecule has 8 heteroatoms. The summed E-state index contributed by atoms with van der Waals surface area (Å²) in [6, 6.07) is 12.5. The topological polar surface area (TPSA) is 47.0 Å². The summed E-state index contributed by atoms with van der Waals surface area (Å²) in [7, 11) is -4.39. The van der Waals surface area contributed by atoms with E-state index in [-0.39, 0.29) is 16.6 Å². The summed E-state index contributed by atoms with van der Waals surface area (Å²) < 4.78 is 80.8. The summed E-state index contributed by atoms with van der Waals surface area (Å²) in [4.78, 5) is 3.46. The molecule has 0 bridgehead atoms. The molecule has 3 aromatic carbocycles. The molecule has 0 fully saturated rings. The lowest BCUT2D eigenvalue weighted by molar-refractivity contribution is 0.504. The lowest BCUT2D eigenvalue weighted by Crippen LogP contribution is -2.06. The molecule has 0 unspecified atom stereocenters. The number of nitrogens with zero attached hydrogens (tertiary/aromatic N) is 1. The zero-order valence-electron chi connectivity index (χ0n) is 14.5. The zero-order valence-corrected chi connectivity index (χ0v) is 15.4. The first-order chi connectivity index (χ1) is 13.8. The van der Waals surface area contributed by atoms with Gasteiger partial charge in [0.15, 0.2) is 16.7 Å². The van der Waals surface area contributed by atoms with Gasteiger partial charge in [0, 0.05) is 17.0 Å². The smallest absolute Gasteiger partial charge is 0.223 e. The first-order valence-electron chi connectivity index (χ1n) is 8.33. The van der Waals surface area contributed by atoms with Crippen molar-refractivity contribution in [2.75, 3.05) is 0 Å². The minimum absolute atomic E-state index is 0.0214. The maximum atomic E-state index is 14.4. The van der Waals surface area contributed by atoms with Crippen LogP contribution in [0.25, 0.3) is 22.0 Å². The van der Waals surface area contributed by atoms with Gasteiger partial charge in [-0.3, -0.25) is 0 Å². The molecule has 4 aromatic rings. The fourth-order valence-electron chi connectivity index (χ4n) is 2.98. The van der Waals surface area contributed by atoms with E-state index in [2.05, 4.69) is 4.98 Å². The van der Waals surface area contributed by atoms with Crippen LogP contribution < -0.4 is 0 Å². The molecule has 1 heterocycles. The van der Waals surface area contributed by atoms with Gasteiger partial charge in [0.05, 0.1) is 10.4 Å². The number of benzene rings is 3. The van der Waals surface area contributed by atoms with Crippen LogP contribution in [-0.2, 0) is 9.84 Å². The molecule has 0 radical (unpaired) electrons. The number of pyridine rings is 1. The minimum atomic E-state index is -4.39. The second-order valence-electron chi connectivity index (χ2n) is 6.23. The van der Waals surface area contributed by atoms with Crippen LogP contribution in [0.5, 0.6) is 0 Å². The molecule has 0 saturated heterocycles. The van der Waals surface area contributed by atoms with Gasteiger partial charge in [-0.05, 0) is 48.0 Å². The van der Waals surface area contributed by atoms with Crippen LogP contribution in [0.2, 0.25) is 0 Å². The van der Waals surface area contributed by atoms with E-state index in [0.29, 0.717) is 17.5 Å². The Balaban J connectivity index is 2.03. The van der Waals surface area contributed by atoms with Gasteiger partial charge in [-0.15, -0.1) is 0 Å². The van der Waals surface area contributed by atoms with E-state index in [0.717, 1.165) is 24.3 Å². The van der Waals surface area contributed by atoms with Crippen LogP contribution in [0, 0.1) is 23.3 Å². The van der Waals surface area contributed by atoms with E-state index in [1.54, 1.807) is 6.07 Å². The molecular weight excluding hydrogens is 406 g/mol. The van der Waals surface area contributed by atoms with E-state index in [9.17, 15) is 26.0 Å². The Bertz CT molecular complexity index is 1370. The summed E-state index contributed by atoms with van der Waals surface area (Å²) in [5.41, 5.74) is 0.245. The van der Waals surface area contributed by atoms with E-state index < -0.39 is 43.0 Å². The van der Waals surface area contributed by atoms with Crippen molar-refractivity contribution in [3.63, 3.8) is 0 Å². The highest BCUT2D eigenvalue weighted by Gasteiger charge is 2.24. The Labute approximate surface area is 163 Å². The molecule has 0 spiro atoms. The molecule has 0 saturated carbocycles. The van der Waals surface area contributed by atoms with E-state index in [4.69, 9.17) is 0 Å². The molecule has 0 N–H and O–H groups in total. The molecule has 4 rings (SSSR count). The van der Waals surface area contributed by atoms with Crippen molar-refractivity contribution in [3.05, 3.63) is 90.0 Å². The van der Waals surface area contributed by atoms with Crippen LogP contribution >= 0.6 is 0 Å². The van der Waals surface area contributed by atoms with Gasteiger partial charge in [0.1, 0.15) is 11.6 Å². The first-order valence-corrected chi connectivity index (χ1v) is 9.81. The molecular formula is C21H11F4NO2S. The molecule has 146 valence electrons. The van der Waals surface area contributed by atoms with Crippen molar-refractivity contribution >= 4 is 20.7 Å². The molecule has 3 nitrogen and oxygen atoms in total. The van der Waals surface area contributed by atoms with Crippen molar-refractivity contribution in [2.45, 2.75) is 9.92 Å². The highest BCUT2D eigenvalue weighted by Crippen LogP contribution is 2.33. The zero-order chi connectivity index (χ0) is 20.8. The average molecular weight is 417 g/mol. The molecule has 0 aliphatic rings. The van der Waals surface area contributed by atoms with Crippen molar-refractivity contribution < 1.29 is 26.0 Å². The van der Waals surface area contributed by atoms with E-state index in [1.165, 1.54) is 24.3 Å². The fourth-order valence-corrected chi connectivity index (χ4v) is 4.22. The van der Waals surface area contributed by atoms with Crippen LogP contribution in [0.4, 0.5) is 17.6 Å². The van der Waals surface area contributed by atoms with Gasteiger partial charge in [0.25, 0.3) is 0 Å². The van der Waals surface area contributed by atoms with Gasteiger partial charge < -0.3 is 0 Å². The van der Waals surface area contributed by atoms with Crippen molar-refractivity contribution in [1.82, 2.24) is 4.98 Å². The fraction of sp³-hybridized carbons (Fsp3) is 0. The Morgan fingerprint density at radius 1 is 0.690 bits per heavy atom. The Morgan fingerprint density at radius 3 is 2.17 bits per heavy atom. The predicted molar refractivity (Wildman–Crippen MR) is 98.9 cm³/mol. The van der Waals surface area contributed by atoms with E-state index >= 15 is 0 Å². The van der Waals surface area contributed by atoms with Gasteiger partial charge in [-0.2, -0.15) is 0 Å². The van der Waals surface area contributed by atoms with Gasteiger partial charge >= 0.3 is 0 Å². The van der Waals surface area contributed by atoms with Crippen LogP contribution in [0.15, 0.2) is 76.7 Å². The van der Waals surface area contributed by atoms with Gasteiger partial charge in [0.2, 0.25) is 9.84 Å². The number of fused-ring (bicyclic) bond motifs is 1. The highest BCUT2D eigenvalue weighted by atomic mass is 32.2. The third kappa shape index (κ3) is 3.36. The van der Waals surface area contributed by atoms with Crippen molar-refractivity contribution in [1.29, 1.82) is 0 Å². The molecule has 0 aliphatic heterocycles. The van der Waals surface area contributed by atoms with E-state index in [1.807, 2.05) is 0 Å². The molecule has 29 heavy (non-hydrogen) atoms. The monoisotopic (exact) mass is 417 g/mol. The summed E-state index contributed by atoms with van der Waals surface area (Å²) in [5, 5.41) is -0.208. The Kier molecular flexibility index (Phi) is 4.58. The third-order valence-corrected chi connectivity index (χ3v) is 6.02. The SMILES string of the molecule is O=S(=O)(c1ccc(F)c(F)c1)c1cc(-c2ccccc2F)c2ccc(F)cc2n1. The second-order valence-corrected chi connectivity index (χ2v) is 8.13. The number of rotatable bonds is 3. The number of halogens is 4. The molecule has 0 atom stereocenters. The highest BCUT2D eigenvalue weighted by molar-refractivity contribution is 7.91. The average Bonchev–Trinajstić information content (AvgIpc) is 2.69. The molecule has 1 aromatic heterocycles. The van der Waals surface area contributed by atoms with Gasteiger partial charge in [-0.25, -0.2) is 31.0 Å². The normalized spacial score (nSPS) is 11.7. The standard InChI is InChI=1S/C21H11F4NO2S/c22-12-5-7-15-16(14-3-1-2-4-17(14)23)11-21(26-20(15)9-12)29(27,28)13-6-8-18(24)19(25)10-13/h1-11H. The van der Waals surface area contributed by atoms with Crippen LogP contribution in [0.1, 0.15) is 0 Å². The lowest BCUT2D eigenvalue weighted by Gasteiger charge is -2.12. The van der Waals surface area contributed by atoms with Crippen molar-refractivity contribution in [2.24, 2.45) is 0 Å². The first kappa shape index (κ1) is 19.1. The second kappa shape index (κ2) is 6.97. The number of sulfone groups is 1. The van der Waals surface area contributed by atoms with Crippen molar-refractivity contribution in [3.8, 4) is 11.1 Å². The van der Waals surface area contributed by atoms with Gasteiger partial charge in [-0.1, -0.05) is 18.2 Å². The predicted octanol–water partition coefficient (Wildman–Crippen LogP) is 5.29. The summed E-state index contributed by atoms with van der Waals surface area (Å²) >= 11 is 0. The quantitative estimate of drug-likeness (QED) is 0.336. The summed E-state index contributed by atoms with van der Waals surface area (Å²) in [6.45, 7) is 0. The lowest BCUT2D eigenvalue weighted by atomic mass is 10.0. The number of aromatic nitrogens is 1. The summed E-state index contributed by atoms with van der Waals surface area (Å²) in [5.74, 6) is -3.82. The number of hydrogen-bond donors (Lipinski definition) is 0. The number of hydrogen-bond acceptors (Lipinski definition) is 3. The Hall–Kier alpha value is -3.26. The largest absolute Gasteiger partial charge is 0.236 e. The maximum Gasteiger partial charge on any atom is 0.223 e. The van der Waals surface area contributed by atoms with Crippen LogP contribution in [0.3, 0.4) is 0 Å². The molecule has 0 aliphatic carbocycles.